The summed E-state index contributed by atoms with van der Waals surface area (Å²) in [6.45, 7) is 3.55. The normalized spacial score (nSPS) is 43.6. The van der Waals surface area contributed by atoms with Crippen LogP contribution in [0.3, 0.4) is 0 Å². The van der Waals surface area contributed by atoms with E-state index in [0.29, 0.717) is 6.29 Å². The second kappa shape index (κ2) is 3.94. The van der Waals surface area contributed by atoms with Gasteiger partial charge in [0, 0.05) is 14.2 Å². The highest BCUT2D eigenvalue weighted by Gasteiger charge is 2.53. The smallest absolute Gasteiger partial charge is 0.220 e. The van der Waals surface area contributed by atoms with Crippen molar-refractivity contribution in [2.75, 3.05) is 20.8 Å². The molecule has 1 saturated heterocycles. The molecule has 3 atom stereocenters. The van der Waals surface area contributed by atoms with Crippen LogP contribution in [0.25, 0.3) is 0 Å². The van der Waals surface area contributed by atoms with Gasteiger partial charge in [0.1, 0.15) is 6.10 Å². The molecule has 0 aromatic rings. The SMILES string of the molecule is CO[C@]1(C)OC[C@H](C=O)O[C@@]1(C)OC. The van der Waals surface area contributed by atoms with Crippen LogP contribution < -0.4 is 0 Å². The maximum absolute atomic E-state index is 10.6. The minimum Gasteiger partial charge on any atom is -0.349 e. The molecule has 1 aliphatic heterocycles. The van der Waals surface area contributed by atoms with Gasteiger partial charge in [-0.25, -0.2) is 0 Å². The summed E-state index contributed by atoms with van der Waals surface area (Å²) in [6, 6.07) is 0. The van der Waals surface area contributed by atoms with Crippen LogP contribution in [-0.4, -0.2) is 44.8 Å². The Hall–Kier alpha value is -0.490. The van der Waals surface area contributed by atoms with Crippen molar-refractivity contribution in [1.29, 1.82) is 0 Å². The lowest BCUT2D eigenvalue weighted by Crippen LogP contribution is -2.62. The zero-order valence-corrected chi connectivity index (χ0v) is 8.90. The van der Waals surface area contributed by atoms with Crippen LogP contribution in [0, 0.1) is 0 Å². The number of carbonyl (C=O) groups excluding carboxylic acids is 1. The summed E-state index contributed by atoms with van der Waals surface area (Å²) in [5.41, 5.74) is 0. The number of hydrogen-bond donors (Lipinski definition) is 0. The van der Waals surface area contributed by atoms with E-state index in [4.69, 9.17) is 18.9 Å². The van der Waals surface area contributed by atoms with E-state index in [1.165, 1.54) is 14.2 Å². The van der Waals surface area contributed by atoms with Crippen molar-refractivity contribution in [1.82, 2.24) is 0 Å². The first kappa shape index (κ1) is 11.6. The molecule has 0 aromatic heterocycles. The molecule has 0 unspecified atom stereocenters. The van der Waals surface area contributed by atoms with E-state index in [2.05, 4.69) is 0 Å². The lowest BCUT2D eigenvalue weighted by molar-refractivity contribution is -0.424. The first-order chi connectivity index (χ1) is 6.51. The van der Waals surface area contributed by atoms with Crippen molar-refractivity contribution in [3.8, 4) is 0 Å². The zero-order valence-electron chi connectivity index (χ0n) is 8.90. The summed E-state index contributed by atoms with van der Waals surface area (Å²) in [5.74, 6) is -2.08. The number of carbonyl (C=O) groups is 1. The van der Waals surface area contributed by atoms with Crippen LogP contribution in [0.4, 0.5) is 0 Å². The van der Waals surface area contributed by atoms with Gasteiger partial charge in [-0.15, -0.1) is 0 Å². The monoisotopic (exact) mass is 204 g/mol. The van der Waals surface area contributed by atoms with Gasteiger partial charge in [0.15, 0.2) is 6.29 Å². The third-order valence-corrected chi connectivity index (χ3v) is 2.66. The van der Waals surface area contributed by atoms with E-state index in [-0.39, 0.29) is 6.61 Å². The fourth-order valence-corrected chi connectivity index (χ4v) is 1.35. The summed E-state index contributed by atoms with van der Waals surface area (Å²) in [7, 11) is 2.98. The maximum atomic E-state index is 10.6. The fourth-order valence-electron chi connectivity index (χ4n) is 1.35. The Kier molecular flexibility index (Phi) is 3.26. The van der Waals surface area contributed by atoms with Gasteiger partial charge in [-0.2, -0.15) is 0 Å². The van der Waals surface area contributed by atoms with Crippen LogP contribution in [0.2, 0.25) is 0 Å². The van der Waals surface area contributed by atoms with E-state index in [0.717, 1.165) is 0 Å². The molecule has 5 heteroatoms. The number of hydrogen-bond acceptors (Lipinski definition) is 5. The average Bonchev–Trinajstić information content (AvgIpc) is 2.22. The van der Waals surface area contributed by atoms with Crippen LogP contribution in [0.5, 0.6) is 0 Å². The number of rotatable bonds is 3. The molecule has 14 heavy (non-hydrogen) atoms. The van der Waals surface area contributed by atoms with E-state index >= 15 is 0 Å². The van der Waals surface area contributed by atoms with E-state index < -0.39 is 17.7 Å². The molecule has 1 aliphatic rings. The van der Waals surface area contributed by atoms with Gasteiger partial charge < -0.3 is 23.7 Å². The molecule has 5 nitrogen and oxygen atoms in total. The first-order valence-corrected chi connectivity index (χ1v) is 4.38. The molecule has 1 fully saturated rings. The summed E-state index contributed by atoms with van der Waals surface area (Å²) in [6.07, 6.45) is 0.0788. The van der Waals surface area contributed by atoms with Crippen molar-refractivity contribution in [3.63, 3.8) is 0 Å². The molecule has 1 rings (SSSR count). The molecule has 82 valence electrons. The number of ether oxygens (including phenoxy) is 4. The van der Waals surface area contributed by atoms with Crippen LogP contribution in [0.15, 0.2) is 0 Å². The molecule has 0 bridgehead atoms. The molecule has 0 aliphatic carbocycles. The predicted molar refractivity (Wildman–Crippen MR) is 47.7 cm³/mol. The van der Waals surface area contributed by atoms with Gasteiger partial charge in [0.05, 0.1) is 6.61 Å². The largest absolute Gasteiger partial charge is 0.349 e. The Morgan fingerprint density at radius 1 is 1.29 bits per heavy atom. The number of methoxy groups -OCH3 is 2. The Balaban J connectivity index is 2.86. The summed E-state index contributed by atoms with van der Waals surface area (Å²) >= 11 is 0. The predicted octanol–water partition coefficient (Wildman–Crippen LogP) is 0.326. The van der Waals surface area contributed by atoms with E-state index in [1.54, 1.807) is 13.8 Å². The maximum Gasteiger partial charge on any atom is 0.220 e. The van der Waals surface area contributed by atoms with Gasteiger partial charge >= 0.3 is 0 Å². The molecule has 0 aromatic carbocycles. The first-order valence-electron chi connectivity index (χ1n) is 4.38. The summed E-state index contributed by atoms with van der Waals surface area (Å²) in [4.78, 5) is 10.6. The van der Waals surface area contributed by atoms with Crippen molar-refractivity contribution in [2.45, 2.75) is 31.5 Å². The third-order valence-electron chi connectivity index (χ3n) is 2.66. The fraction of sp³-hybridized carbons (Fsp3) is 0.889. The molecule has 1 heterocycles. The van der Waals surface area contributed by atoms with Gasteiger partial charge in [-0.3, -0.25) is 0 Å². The molecule has 0 N–H and O–H groups in total. The highest BCUT2D eigenvalue weighted by molar-refractivity contribution is 5.56. The lowest BCUT2D eigenvalue weighted by atomic mass is 10.1. The Labute approximate surface area is 83.3 Å². The van der Waals surface area contributed by atoms with E-state index in [9.17, 15) is 4.79 Å². The minimum atomic E-state index is -1.08. The second-order valence-electron chi connectivity index (χ2n) is 3.40. The van der Waals surface area contributed by atoms with Crippen LogP contribution >= 0.6 is 0 Å². The van der Waals surface area contributed by atoms with Gasteiger partial charge in [0.2, 0.25) is 11.6 Å². The standard InChI is InChI=1S/C9H16O5/c1-8(11-3)9(2,12-4)14-7(5-10)6-13-8/h5,7H,6H2,1-4H3/t7-,8+,9+/m0/s1. The molecular weight excluding hydrogens is 188 g/mol. The van der Waals surface area contributed by atoms with Gasteiger partial charge in [0.25, 0.3) is 0 Å². The quantitative estimate of drug-likeness (QED) is 0.620. The summed E-state index contributed by atoms with van der Waals surface area (Å²) in [5, 5.41) is 0. The van der Waals surface area contributed by atoms with Crippen molar-refractivity contribution in [2.24, 2.45) is 0 Å². The van der Waals surface area contributed by atoms with Gasteiger partial charge in [-0.1, -0.05) is 0 Å². The lowest BCUT2D eigenvalue weighted by Gasteiger charge is -2.47. The third kappa shape index (κ3) is 1.68. The number of aldehydes is 1. The van der Waals surface area contributed by atoms with Crippen LogP contribution in [-0.2, 0) is 23.7 Å². The highest BCUT2D eigenvalue weighted by Crippen LogP contribution is 2.35. The Morgan fingerprint density at radius 2 is 1.86 bits per heavy atom. The topological polar surface area (TPSA) is 54.0 Å². The zero-order chi connectivity index (χ0) is 10.8. The molecule has 0 spiro atoms. The van der Waals surface area contributed by atoms with Crippen LogP contribution in [0.1, 0.15) is 13.8 Å². The highest BCUT2D eigenvalue weighted by atomic mass is 16.8. The summed E-state index contributed by atoms with van der Waals surface area (Å²) < 4.78 is 21.2. The molecular formula is C9H16O5. The minimum absolute atomic E-state index is 0.173. The van der Waals surface area contributed by atoms with Crippen molar-refractivity contribution < 1.29 is 23.7 Å². The second-order valence-corrected chi connectivity index (χ2v) is 3.40. The Bertz CT molecular complexity index is 219. The molecule has 0 radical (unpaired) electrons. The Morgan fingerprint density at radius 3 is 2.29 bits per heavy atom. The van der Waals surface area contributed by atoms with E-state index in [1.807, 2.05) is 0 Å². The van der Waals surface area contributed by atoms with Gasteiger partial charge in [-0.05, 0) is 13.8 Å². The average molecular weight is 204 g/mol. The molecule has 0 amide bonds. The van der Waals surface area contributed by atoms with Crippen molar-refractivity contribution in [3.05, 3.63) is 0 Å². The van der Waals surface area contributed by atoms with Crippen molar-refractivity contribution >= 4 is 6.29 Å². The molecule has 0 saturated carbocycles.